The van der Waals surface area contributed by atoms with Crippen LogP contribution in [0.15, 0.2) is 54.7 Å². The molecule has 4 rings (SSSR count). The van der Waals surface area contributed by atoms with Crippen molar-refractivity contribution in [1.82, 2.24) is 4.57 Å². The topological polar surface area (TPSA) is 30.9 Å². The van der Waals surface area contributed by atoms with Gasteiger partial charge in [-0.05, 0) is 73.7 Å². The van der Waals surface area contributed by atoms with E-state index in [-0.39, 0.29) is 0 Å². The molecule has 3 aromatic rings. The lowest BCUT2D eigenvalue weighted by atomic mass is 9.79. The van der Waals surface area contributed by atoms with Gasteiger partial charge in [0, 0.05) is 23.6 Å². The van der Waals surface area contributed by atoms with E-state index < -0.39 is 0 Å². The molecular weight excluding hydrogens is 304 g/mol. The van der Waals surface area contributed by atoms with Gasteiger partial charge in [-0.3, -0.25) is 0 Å². The number of hydrogen-bond acceptors (Lipinski definition) is 1. The van der Waals surface area contributed by atoms with Gasteiger partial charge in [-0.1, -0.05) is 42.5 Å². The first-order valence-electron chi connectivity index (χ1n) is 9.58. The highest BCUT2D eigenvalue weighted by Gasteiger charge is 2.24. The standard InChI is InChI=1S/C23H28N2/c1-17-6-2-3-7-20(17)15-25-16-22(21-8-4-5-9-23(21)25)19-12-10-18(14-24)11-13-19/h2-9,16,18-19H,10-15,24H2,1H3. The average Bonchev–Trinajstić information content (AvgIpc) is 3.02. The van der Waals surface area contributed by atoms with E-state index in [1.165, 1.54) is 47.7 Å². The second kappa shape index (κ2) is 7.05. The van der Waals surface area contributed by atoms with Crippen LogP contribution in [0.1, 0.15) is 48.3 Å². The van der Waals surface area contributed by atoms with E-state index in [1.54, 1.807) is 5.56 Å². The van der Waals surface area contributed by atoms with Gasteiger partial charge >= 0.3 is 0 Å². The van der Waals surface area contributed by atoms with Crippen LogP contribution in [0.5, 0.6) is 0 Å². The van der Waals surface area contributed by atoms with Crippen LogP contribution in [0.25, 0.3) is 10.9 Å². The van der Waals surface area contributed by atoms with E-state index in [1.807, 2.05) is 0 Å². The van der Waals surface area contributed by atoms with Crippen molar-refractivity contribution in [3.8, 4) is 0 Å². The highest BCUT2D eigenvalue weighted by atomic mass is 15.0. The summed E-state index contributed by atoms with van der Waals surface area (Å²) in [5, 5.41) is 1.44. The minimum Gasteiger partial charge on any atom is -0.343 e. The van der Waals surface area contributed by atoms with E-state index in [9.17, 15) is 0 Å². The van der Waals surface area contributed by atoms with Gasteiger partial charge in [-0.15, -0.1) is 0 Å². The maximum Gasteiger partial charge on any atom is 0.0486 e. The summed E-state index contributed by atoms with van der Waals surface area (Å²) in [5.74, 6) is 1.42. The number of benzene rings is 2. The number of para-hydroxylation sites is 1. The largest absolute Gasteiger partial charge is 0.343 e. The highest BCUT2D eigenvalue weighted by molar-refractivity contribution is 5.84. The van der Waals surface area contributed by atoms with Crippen molar-refractivity contribution in [3.63, 3.8) is 0 Å². The molecule has 1 aromatic heterocycles. The van der Waals surface area contributed by atoms with Crippen molar-refractivity contribution in [2.24, 2.45) is 11.7 Å². The Labute approximate surface area is 150 Å². The molecule has 0 spiro atoms. The molecule has 0 saturated heterocycles. The predicted octanol–water partition coefficient (Wildman–Crippen LogP) is 5.23. The normalized spacial score (nSPS) is 20.9. The van der Waals surface area contributed by atoms with Crippen molar-refractivity contribution in [2.75, 3.05) is 6.54 Å². The van der Waals surface area contributed by atoms with E-state index in [0.29, 0.717) is 5.92 Å². The number of aromatic nitrogens is 1. The van der Waals surface area contributed by atoms with Crippen LogP contribution in [0.3, 0.4) is 0 Å². The van der Waals surface area contributed by atoms with Crippen molar-refractivity contribution >= 4 is 10.9 Å². The van der Waals surface area contributed by atoms with Gasteiger partial charge in [0.1, 0.15) is 0 Å². The minimum absolute atomic E-state index is 0.686. The third-order valence-corrected chi connectivity index (χ3v) is 6.04. The first kappa shape index (κ1) is 16.4. The van der Waals surface area contributed by atoms with Crippen molar-refractivity contribution in [2.45, 2.75) is 45.1 Å². The zero-order valence-corrected chi connectivity index (χ0v) is 15.1. The molecule has 1 aliphatic carbocycles. The number of aryl methyl sites for hydroxylation is 1. The average molecular weight is 332 g/mol. The molecule has 2 N–H and O–H groups in total. The van der Waals surface area contributed by atoms with Crippen molar-refractivity contribution in [1.29, 1.82) is 0 Å². The number of hydrogen-bond donors (Lipinski definition) is 1. The summed E-state index contributed by atoms with van der Waals surface area (Å²) in [7, 11) is 0. The number of rotatable bonds is 4. The Bertz CT molecular complexity index is 853. The van der Waals surface area contributed by atoms with Gasteiger partial charge in [-0.25, -0.2) is 0 Å². The molecule has 1 saturated carbocycles. The van der Waals surface area contributed by atoms with Gasteiger partial charge in [0.25, 0.3) is 0 Å². The van der Waals surface area contributed by atoms with E-state index in [4.69, 9.17) is 5.73 Å². The van der Waals surface area contributed by atoms with E-state index >= 15 is 0 Å². The second-order valence-electron chi connectivity index (χ2n) is 7.61. The zero-order valence-electron chi connectivity index (χ0n) is 15.1. The predicted molar refractivity (Wildman–Crippen MR) is 106 cm³/mol. The molecule has 0 radical (unpaired) electrons. The molecule has 2 aromatic carbocycles. The van der Waals surface area contributed by atoms with Gasteiger partial charge in [0.05, 0.1) is 0 Å². The van der Waals surface area contributed by atoms with Crippen molar-refractivity contribution < 1.29 is 0 Å². The molecule has 130 valence electrons. The molecule has 1 fully saturated rings. The summed E-state index contributed by atoms with van der Waals surface area (Å²) in [6.45, 7) is 4.00. The van der Waals surface area contributed by atoms with Crippen LogP contribution >= 0.6 is 0 Å². The molecule has 0 bridgehead atoms. The quantitative estimate of drug-likeness (QED) is 0.697. The lowest BCUT2D eigenvalue weighted by molar-refractivity contribution is 0.333. The molecule has 2 heteroatoms. The Morgan fingerprint density at radius 1 is 0.960 bits per heavy atom. The third-order valence-electron chi connectivity index (χ3n) is 6.04. The Hall–Kier alpha value is -2.06. The molecule has 2 nitrogen and oxygen atoms in total. The fraction of sp³-hybridized carbons (Fsp3) is 0.391. The van der Waals surface area contributed by atoms with Crippen molar-refractivity contribution in [3.05, 3.63) is 71.4 Å². The summed E-state index contributed by atoms with van der Waals surface area (Å²) >= 11 is 0. The molecule has 1 aliphatic rings. The van der Waals surface area contributed by atoms with Crippen LogP contribution in [0.4, 0.5) is 0 Å². The monoisotopic (exact) mass is 332 g/mol. The van der Waals surface area contributed by atoms with Gasteiger partial charge < -0.3 is 10.3 Å². The van der Waals surface area contributed by atoms with E-state index in [2.05, 4.69) is 66.2 Å². The van der Waals surface area contributed by atoms with E-state index in [0.717, 1.165) is 19.0 Å². The molecule has 0 aliphatic heterocycles. The van der Waals surface area contributed by atoms with Crippen LogP contribution < -0.4 is 5.73 Å². The molecule has 1 heterocycles. The number of nitrogens with zero attached hydrogens (tertiary/aromatic N) is 1. The minimum atomic E-state index is 0.686. The Balaban J connectivity index is 1.68. The lowest BCUT2D eigenvalue weighted by Gasteiger charge is -2.27. The molecule has 0 unspecified atom stereocenters. The van der Waals surface area contributed by atoms with Crippen LogP contribution in [0.2, 0.25) is 0 Å². The maximum atomic E-state index is 5.88. The summed E-state index contributed by atoms with van der Waals surface area (Å²) in [5.41, 5.74) is 11.6. The number of fused-ring (bicyclic) bond motifs is 1. The number of nitrogens with two attached hydrogens (primary N) is 1. The summed E-state index contributed by atoms with van der Waals surface area (Å²) in [6, 6.07) is 17.6. The van der Waals surface area contributed by atoms with Gasteiger partial charge in [0.2, 0.25) is 0 Å². The fourth-order valence-corrected chi connectivity index (χ4v) is 4.41. The highest BCUT2D eigenvalue weighted by Crippen LogP contribution is 2.39. The molecule has 25 heavy (non-hydrogen) atoms. The van der Waals surface area contributed by atoms with Crippen LogP contribution in [-0.4, -0.2) is 11.1 Å². The summed E-state index contributed by atoms with van der Waals surface area (Å²) < 4.78 is 2.45. The Kier molecular flexibility index (Phi) is 4.63. The smallest absolute Gasteiger partial charge is 0.0486 e. The Morgan fingerprint density at radius 2 is 1.68 bits per heavy atom. The Morgan fingerprint density at radius 3 is 2.44 bits per heavy atom. The molecular formula is C23H28N2. The first-order valence-corrected chi connectivity index (χ1v) is 9.58. The van der Waals surface area contributed by atoms with Gasteiger partial charge in [-0.2, -0.15) is 0 Å². The van der Waals surface area contributed by atoms with Gasteiger partial charge in [0.15, 0.2) is 0 Å². The summed E-state index contributed by atoms with van der Waals surface area (Å²) in [6.07, 6.45) is 7.53. The van der Waals surface area contributed by atoms with Crippen LogP contribution in [0, 0.1) is 12.8 Å². The summed E-state index contributed by atoms with van der Waals surface area (Å²) in [4.78, 5) is 0. The fourth-order valence-electron chi connectivity index (χ4n) is 4.41. The zero-order chi connectivity index (χ0) is 17.2. The first-order chi connectivity index (χ1) is 12.3. The maximum absolute atomic E-state index is 5.88. The van der Waals surface area contributed by atoms with Crippen LogP contribution in [-0.2, 0) is 6.54 Å². The lowest BCUT2D eigenvalue weighted by Crippen LogP contribution is -2.20. The molecule has 0 atom stereocenters. The second-order valence-corrected chi connectivity index (χ2v) is 7.61. The third kappa shape index (κ3) is 3.23. The molecule has 0 amide bonds. The SMILES string of the molecule is Cc1ccccc1Cn1cc(C2CCC(CN)CC2)c2ccccc21.